The van der Waals surface area contributed by atoms with Crippen molar-refractivity contribution in [1.82, 2.24) is 10.6 Å². The number of esters is 1. The first-order chi connectivity index (χ1) is 9.56. The summed E-state index contributed by atoms with van der Waals surface area (Å²) < 4.78 is 4.85. The molecule has 0 bridgehead atoms. The molecule has 0 aliphatic rings. The fourth-order valence-electron chi connectivity index (χ4n) is 1.41. The lowest BCUT2D eigenvalue weighted by atomic mass is 10.1. The number of rotatable bonds is 6. The number of amides is 2. The van der Waals surface area contributed by atoms with Crippen LogP contribution in [-0.2, 0) is 20.7 Å². The zero-order valence-electron chi connectivity index (χ0n) is 11.6. The number of benzene rings is 1. The zero-order chi connectivity index (χ0) is 15.0. The fraction of sp³-hybridized carbons (Fsp3) is 0.357. The first-order valence-electron chi connectivity index (χ1n) is 6.30. The van der Waals surface area contributed by atoms with Crippen molar-refractivity contribution in [3.8, 4) is 0 Å². The molecule has 0 fully saturated rings. The Morgan fingerprint density at radius 2 is 1.75 bits per heavy atom. The highest BCUT2D eigenvalue weighted by atomic mass is 16.5. The monoisotopic (exact) mass is 278 g/mol. The smallest absolute Gasteiger partial charge is 0.338 e. The number of carbonyl (C=O) groups is 3. The summed E-state index contributed by atoms with van der Waals surface area (Å²) in [6, 6.07) is 6.98. The van der Waals surface area contributed by atoms with Crippen molar-refractivity contribution in [2.45, 2.75) is 13.3 Å². The third kappa shape index (κ3) is 5.09. The predicted octanol–water partition coefficient (Wildman–Crippen LogP) is 0.268. The number of ether oxygens (including phenoxy) is 1. The van der Waals surface area contributed by atoms with E-state index in [0.717, 1.165) is 12.0 Å². The Morgan fingerprint density at radius 3 is 2.30 bits per heavy atom. The van der Waals surface area contributed by atoms with E-state index in [2.05, 4.69) is 10.6 Å². The Labute approximate surface area is 117 Å². The maximum Gasteiger partial charge on any atom is 0.338 e. The van der Waals surface area contributed by atoms with Crippen molar-refractivity contribution in [3.63, 3.8) is 0 Å². The van der Waals surface area contributed by atoms with Gasteiger partial charge in [0.2, 0.25) is 5.91 Å². The van der Waals surface area contributed by atoms with Crippen molar-refractivity contribution in [1.29, 1.82) is 0 Å². The first-order valence-corrected chi connectivity index (χ1v) is 6.30. The van der Waals surface area contributed by atoms with E-state index in [-0.39, 0.29) is 12.5 Å². The van der Waals surface area contributed by atoms with E-state index >= 15 is 0 Å². The van der Waals surface area contributed by atoms with Crippen LogP contribution in [0.25, 0.3) is 0 Å². The molecule has 0 aromatic heterocycles. The summed E-state index contributed by atoms with van der Waals surface area (Å²) in [4.78, 5) is 33.9. The second-order valence-corrected chi connectivity index (χ2v) is 4.08. The molecular weight excluding hydrogens is 260 g/mol. The van der Waals surface area contributed by atoms with Gasteiger partial charge in [0.05, 0.1) is 12.1 Å². The molecule has 2 amide bonds. The Balaban J connectivity index is 2.38. The van der Waals surface area contributed by atoms with Crippen LogP contribution in [0.4, 0.5) is 0 Å². The second kappa shape index (κ2) is 7.93. The highest BCUT2D eigenvalue weighted by Gasteiger charge is 2.10. The zero-order valence-corrected chi connectivity index (χ0v) is 11.6. The Hall–Kier alpha value is -2.37. The number of aryl methyl sites for hydroxylation is 1. The number of carbonyl (C=O) groups excluding carboxylic acids is 3. The van der Waals surface area contributed by atoms with Crippen LogP contribution >= 0.6 is 0 Å². The maximum atomic E-state index is 11.7. The van der Waals surface area contributed by atoms with Crippen molar-refractivity contribution >= 4 is 17.8 Å². The SMILES string of the molecule is CCc1ccc(C(=O)OCC(=O)NCC(=O)NC)cc1. The van der Waals surface area contributed by atoms with Gasteiger partial charge in [0.15, 0.2) is 6.61 Å². The number of hydrogen-bond acceptors (Lipinski definition) is 4. The topological polar surface area (TPSA) is 84.5 Å². The molecule has 0 saturated carbocycles. The van der Waals surface area contributed by atoms with E-state index < -0.39 is 18.5 Å². The van der Waals surface area contributed by atoms with Crippen LogP contribution in [0.15, 0.2) is 24.3 Å². The van der Waals surface area contributed by atoms with E-state index in [1.54, 1.807) is 12.1 Å². The minimum atomic E-state index is -0.567. The molecule has 1 aromatic carbocycles. The van der Waals surface area contributed by atoms with Gasteiger partial charge < -0.3 is 15.4 Å². The molecule has 0 saturated heterocycles. The van der Waals surface area contributed by atoms with Gasteiger partial charge in [-0.05, 0) is 24.1 Å². The normalized spacial score (nSPS) is 9.70. The van der Waals surface area contributed by atoms with Gasteiger partial charge in [0.25, 0.3) is 5.91 Å². The average Bonchev–Trinajstić information content (AvgIpc) is 2.50. The minimum absolute atomic E-state index is 0.141. The maximum absolute atomic E-state index is 11.7. The molecule has 0 unspecified atom stereocenters. The molecule has 0 atom stereocenters. The number of likely N-dealkylation sites (N-methyl/N-ethyl adjacent to an activating group) is 1. The molecule has 6 nitrogen and oxygen atoms in total. The standard InChI is InChI=1S/C14H18N2O4/c1-3-10-4-6-11(7-5-10)14(19)20-9-13(18)16-8-12(17)15-2/h4-7H,3,8-9H2,1-2H3,(H,15,17)(H,16,18). The quantitative estimate of drug-likeness (QED) is 0.731. The predicted molar refractivity (Wildman–Crippen MR) is 73.2 cm³/mol. The summed E-state index contributed by atoms with van der Waals surface area (Å²) in [5.74, 6) is -1.41. The van der Waals surface area contributed by atoms with Gasteiger partial charge in [-0.3, -0.25) is 9.59 Å². The molecule has 0 heterocycles. The largest absolute Gasteiger partial charge is 0.452 e. The summed E-state index contributed by atoms with van der Waals surface area (Å²) in [7, 11) is 1.47. The van der Waals surface area contributed by atoms with E-state index in [1.807, 2.05) is 19.1 Å². The van der Waals surface area contributed by atoms with Crippen LogP contribution in [0.3, 0.4) is 0 Å². The Morgan fingerprint density at radius 1 is 1.10 bits per heavy atom. The molecule has 6 heteroatoms. The molecular formula is C14H18N2O4. The highest BCUT2D eigenvalue weighted by Crippen LogP contribution is 2.06. The molecule has 1 rings (SSSR count). The molecule has 1 aromatic rings. The van der Waals surface area contributed by atoms with E-state index in [0.29, 0.717) is 5.56 Å². The molecule has 108 valence electrons. The van der Waals surface area contributed by atoms with Gasteiger partial charge in [-0.25, -0.2) is 4.79 Å². The first kappa shape index (κ1) is 15.7. The van der Waals surface area contributed by atoms with Crippen LogP contribution in [0, 0.1) is 0 Å². The lowest BCUT2D eigenvalue weighted by Gasteiger charge is -2.06. The lowest BCUT2D eigenvalue weighted by molar-refractivity contribution is -0.127. The van der Waals surface area contributed by atoms with E-state index in [9.17, 15) is 14.4 Å². The molecule has 0 spiro atoms. The third-order valence-electron chi connectivity index (χ3n) is 2.66. The minimum Gasteiger partial charge on any atom is -0.452 e. The van der Waals surface area contributed by atoms with Crippen LogP contribution in [0.5, 0.6) is 0 Å². The number of hydrogen-bond donors (Lipinski definition) is 2. The van der Waals surface area contributed by atoms with Crippen molar-refractivity contribution < 1.29 is 19.1 Å². The highest BCUT2D eigenvalue weighted by molar-refractivity contribution is 5.92. The van der Waals surface area contributed by atoms with Gasteiger partial charge in [-0.15, -0.1) is 0 Å². The van der Waals surface area contributed by atoms with Crippen molar-refractivity contribution in [3.05, 3.63) is 35.4 Å². The molecule has 0 aliphatic heterocycles. The van der Waals surface area contributed by atoms with Crippen LogP contribution < -0.4 is 10.6 Å². The fourth-order valence-corrected chi connectivity index (χ4v) is 1.41. The van der Waals surface area contributed by atoms with Crippen LogP contribution in [0.2, 0.25) is 0 Å². The molecule has 0 aliphatic carbocycles. The van der Waals surface area contributed by atoms with Crippen LogP contribution in [-0.4, -0.2) is 38.0 Å². The molecule has 0 radical (unpaired) electrons. The van der Waals surface area contributed by atoms with Gasteiger partial charge in [0, 0.05) is 7.05 Å². The molecule has 2 N–H and O–H groups in total. The summed E-state index contributed by atoms with van der Waals surface area (Å²) in [5, 5.41) is 4.69. The number of nitrogens with one attached hydrogen (secondary N) is 2. The van der Waals surface area contributed by atoms with Gasteiger partial charge >= 0.3 is 5.97 Å². The summed E-state index contributed by atoms with van der Waals surface area (Å²) in [6.45, 7) is 1.47. The third-order valence-corrected chi connectivity index (χ3v) is 2.66. The lowest BCUT2D eigenvalue weighted by Crippen LogP contribution is -2.37. The second-order valence-electron chi connectivity index (χ2n) is 4.08. The van der Waals surface area contributed by atoms with Crippen LogP contribution in [0.1, 0.15) is 22.8 Å². The Kier molecular flexibility index (Phi) is 6.22. The Bertz CT molecular complexity index is 482. The van der Waals surface area contributed by atoms with Gasteiger partial charge in [-0.2, -0.15) is 0 Å². The van der Waals surface area contributed by atoms with Crippen molar-refractivity contribution in [2.24, 2.45) is 0 Å². The summed E-state index contributed by atoms with van der Waals surface area (Å²) in [6.07, 6.45) is 0.886. The average molecular weight is 278 g/mol. The van der Waals surface area contributed by atoms with Gasteiger partial charge in [-0.1, -0.05) is 19.1 Å². The van der Waals surface area contributed by atoms with E-state index in [4.69, 9.17) is 4.74 Å². The van der Waals surface area contributed by atoms with Gasteiger partial charge in [0.1, 0.15) is 0 Å². The van der Waals surface area contributed by atoms with E-state index in [1.165, 1.54) is 7.05 Å². The van der Waals surface area contributed by atoms with Crippen molar-refractivity contribution in [2.75, 3.05) is 20.2 Å². The summed E-state index contributed by atoms with van der Waals surface area (Å²) >= 11 is 0. The summed E-state index contributed by atoms with van der Waals surface area (Å²) in [5.41, 5.74) is 1.51. The molecule has 20 heavy (non-hydrogen) atoms.